The van der Waals surface area contributed by atoms with Crippen molar-refractivity contribution in [3.05, 3.63) is 69.0 Å². The van der Waals surface area contributed by atoms with Gasteiger partial charge in [0.05, 0.1) is 17.6 Å². The Morgan fingerprint density at radius 2 is 1.96 bits per heavy atom. The molecule has 27 heavy (non-hydrogen) atoms. The highest BCUT2D eigenvalue weighted by Crippen LogP contribution is 2.35. The molecule has 2 aromatic carbocycles. The maximum atomic E-state index is 12.8. The monoisotopic (exact) mass is 445 g/mol. The summed E-state index contributed by atoms with van der Waals surface area (Å²) >= 11 is 4.38. The molecule has 1 atom stereocenters. The van der Waals surface area contributed by atoms with Crippen molar-refractivity contribution in [3.63, 3.8) is 0 Å². The number of carbonyl (C=O) groups is 2. The number of imide groups is 1. The standard InChI is InChI=1S/C21H20BrNO3S/c1-3-14(2)26-18-10-5-4-8-16(18)12-19-20(24)23(21(25)27-19)13-15-7-6-9-17(22)11-15/h4-12,14H,3,13H2,1-2H3/b19-12+/t14-/m0/s1. The van der Waals surface area contributed by atoms with Crippen molar-refractivity contribution < 1.29 is 14.3 Å². The van der Waals surface area contributed by atoms with Gasteiger partial charge >= 0.3 is 0 Å². The third-order valence-corrected chi connectivity index (χ3v) is 5.61. The molecule has 0 radical (unpaired) electrons. The Labute approximate surface area is 171 Å². The number of carbonyl (C=O) groups excluding carboxylic acids is 2. The predicted molar refractivity (Wildman–Crippen MR) is 112 cm³/mol. The maximum absolute atomic E-state index is 12.8. The summed E-state index contributed by atoms with van der Waals surface area (Å²) in [6.07, 6.45) is 2.70. The van der Waals surface area contributed by atoms with Gasteiger partial charge in [-0.15, -0.1) is 0 Å². The first-order valence-corrected chi connectivity index (χ1v) is 10.3. The van der Waals surface area contributed by atoms with Crippen LogP contribution in [0.2, 0.25) is 0 Å². The van der Waals surface area contributed by atoms with Gasteiger partial charge in [0.2, 0.25) is 0 Å². The second-order valence-corrected chi connectivity index (χ2v) is 8.18. The van der Waals surface area contributed by atoms with Crippen LogP contribution >= 0.6 is 27.7 Å². The normalized spacial score (nSPS) is 16.9. The molecule has 0 spiro atoms. The van der Waals surface area contributed by atoms with Crippen molar-refractivity contribution >= 4 is 44.9 Å². The van der Waals surface area contributed by atoms with Crippen LogP contribution < -0.4 is 4.74 Å². The molecule has 2 aromatic rings. The van der Waals surface area contributed by atoms with Gasteiger partial charge in [-0.25, -0.2) is 0 Å². The average Bonchev–Trinajstić information content (AvgIpc) is 2.91. The molecule has 3 rings (SSSR count). The van der Waals surface area contributed by atoms with E-state index >= 15 is 0 Å². The summed E-state index contributed by atoms with van der Waals surface area (Å²) in [7, 11) is 0. The Hall–Kier alpha value is -2.05. The van der Waals surface area contributed by atoms with E-state index in [0.29, 0.717) is 10.7 Å². The van der Waals surface area contributed by atoms with Gasteiger partial charge in [-0.2, -0.15) is 0 Å². The molecule has 1 saturated heterocycles. The molecule has 1 aliphatic heterocycles. The minimum Gasteiger partial charge on any atom is -0.490 e. The van der Waals surface area contributed by atoms with Crippen LogP contribution in [0.1, 0.15) is 31.4 Å². The van der Waals surface area contributed by atoms with Gasteiger partial charge in [-0.05, 0) is 54.9 Å². The smallest absolute Gasteiger partial charge is 0.293 e. The predicted octanol–water partition coefficient (Wildman–Crippen LogP) is 5.86. The lowest BCUT2D eigenvalue weighted by Crippen LogP contribution is -2.27. The van der Waals surface area contributed by atoms with E-state index in [2.05, 4.69) is 22.9 Å². The zero-order valence-electron chi connectivity index (χ0n) is 15.1. The SMILES string of the molecule is CC[C@H](C)Oc1ccccc1/C=C1/SC(=O)N(Cc2cccc(Br)c2)C1=O. The summed E-state index contributed by atoms with van der Waals surface area (Å²) in [5.74, 6) is 0.439. The van der Waals surface area contributed by atoms with Crippen molar-refractivity contribution in [2.45, 2.75) is 32.9 Å². The topological polar surface area (TPSA) is 46.6 Å². The molecule has 1 aliphatic rings. The third kappa shape index (κ3) is 4.82. The molecule has 0 unspecified atom stereocenters. The Morgan fingerprint density at radius 3 is 2.70 bits per heavy atom. The molecular weight excluding hydrogens is 426 g/mol. The van der Waals surface area contributed by atoms with Crippen molar-refractivity contribution in [2.75, 3.05) is 0 Å². The number of thioether (sulfide) groups is 1. The quantitative estimate of drug-likeness (QED) is 0.522. The summed E-state index contributed by atoms with van der Waals surface area (Å²) in [4.78, 5) is 26.8. The first-order valence-electron chi connectivity index (χ1n) is 8.73. The van der Waals surface area contributed by atoms with E-state index in [1.54, 1.807) is 6.08 Å². The summed E-state index contributed by atoms with van der Waals surface area (Å²) < 4.78 is 6.85. The van der Waals surface area contributed by atoms with E-state index in [9.17, 15) is 9.59 Å². The lowest BCUT2D eigenvalue weighted by molar-refractivity contribution is -0.123. The van der Waals surface area contributed by atoms with E-state index in [-0.39, 0.29) is 23.8 Å². The molecule has 6 heteroatoms. The van der Waals surface area contributed by atoms with Gasteiger partial charge in [0, 0.05) is 10.0 Å². The van der Waals surface area contributed by atoms with Crippen LogP contribution in [0, 0.1) is 0 Å². The highest BCUT2D eigenvalue weighted by Gasteiger charge is 2.35. The molecular formula is C21H20BrNO3S. The fourth-order valence-corrected chi connectivity index (χ4v) is 3.88. The van der Waals surface area contributed by atoms with Crippen LogP contribution in [0.4, 0.5) is 4.79 Å². The van der Waals surface area contributed by atoms with Crippen molar-refractivity contribution in [1.29, 1.82) is 0 Å². The van der Waals surface area contributed by atoms with Crippen LogP contribution in [0.15, 0.2) is 57.9 Å². The number of hydrogen-bond acceptors (Lipinski definition) is 4. The maximum Gasteiger partial charge on any atom is 0.293 e. The van der Waals surface area contributed by atoms with Gasteiger partial charge in [0.25, 0.3) is 11.1 Å². The van der Waals surface area contributed by atoms with Crippen LogP contribution in [0.25, 0.3) is 6.08 Å². The molecule has 0 saturated carbocycles. The van der Waals surface area contributed by atoms with E-state index in [4.69, 9.17) is 4.74 Å². The highest BCUT2D eigenvalue weighted by molar-refractivity contribution is 9.10. The summed E-state index contributed by atoms with van der Waals surface area (Å²) in [6, 6.07) is 15.1. The number of hydrogen-bond donors (Lipinski definition) is 0. The van der Waals surface area contributed by atoms with Gasteiger partial charge in [-0.3, -0.25) is 14.5 Å². The van der Waals surface area contributed by atoms with E-state index in [0.717, 1.165) is 33.8 Å². The summed E-state index contributed by atoms with van der Waals surface area (Å²) in [6.45, 7) is 4.32. The highest BCUT2D eigenvalue weighted by atomic mass is 79.9. The molecule has 140 valence electrons. The third-order valence-electron chi connectivity index (χ3n) is 4.21. The summed E-state index contributed by atoms with van der Waals surface area (Å²) in [5, 5.41) is -0.258. The van der Waals surface area contributed by atoms with Gasteiger partial charge in [0.1, 0.15) is 5.75 Å². The minimum absolute atomic E-state index is 0.0751. The molecule has 2 amide bonds. The number of halogens is 1. The first-order chi connectivity index (χ1) is 13.0. The second-order valence-electron chi connectivity index (χ2n) is 6.27. The lowest BCUT2D eigenvalue weighted by atomic mass is 10.1. The number of amides is 2. The van der Waals surface area contributed by atoms with Crippen molar-refractivity contribution in [1.82, 2.24) is 4.90 Å². The molecule has 1 heterocycles. The minimum atomic E-state index is -0.275. The zero-order chi connectivity index (χ0) is 19.4. The Kier molecular flexibility index (Phi) is 6.39. The van der Waals surface area contributed by atoms with Crippen LogP contribution in [0.5, 0.6) is 5.75 Å². The van der Waals surface area contributed by atoms with Crippen LogP contribution in [0.3, 0.4) is 0 Å². The number of rotatable bonds is 6. The molecule has 0 aromatic heterocycles. The molecule has 4 nitrogen and oxygen atoms in total. The number of benzene rings is 2. The first kappa shape index (κ1) is 19.7. The Bertz CT molecular complexity index is 897. The van der Waals surface area contributed by atoms with Gasteiger partial charge < -0.3 is 4.74 Å². The Balaban J connectivity index is 1.82. The zero-order valence-corrected chi connectivity index (χ0v) is 17.5. The molecule has 1 fully saturated rings. The van der Waals surface area contributed by atoms with Crippen molar-refractivity contribution in [2.24, 2.45) is 0 Å². The summed E-state index contributed by atoms with van der Waals surface area (Å²) in [5.41, 5.74) is 1.69. The van der Waals surface area contributed by atoms with Crippen LogP contribution in [-0.4, -0.2) is 22.2 Å². The largest absolute Gasteiger partial charge is 0.490 e. The molecule has 0 bridgehead atoms. The van der Waals surface area contributed by atoms with Gasteiger partial charge in [-0.1, -0.05) is 53.2 Å². The Morgan fingerprint density at radius 1 is 1.19 bits per heavy atom. The number of para-hydroxylation sites is 1. The lowest BCUT2D eigenvalue weighted by Gasteiger charge is -2.15. The average molecular weight is 446 g/mol. The van der Waals surface area contributed by atoms with Crippen LogP contribution in [-0.2, 0) is 11.3 Å². The second kappa shape index (κ2) is 8.76. The van der Waals surface area contributed by atoms with E-state index in [1.807, 2.05) is 55.5 Å². The number of ether oxygens (including phenoxy) is 1. The number of nitrogens with zero attached hydrogens (tertiary/aromatic N) is 1. The molecule has 0 aliphatic carbocycles. The molecule has 0 N–H and O–H groups in total. The van der Waals surface area contributed by atoms with E-state index < -0.39 is 0 Å². The van der Waals surface area contributed by atoms with Crippen molar-refractivity contribution in [3.8, 4) is 5.75 Å². The van der Waals surface area contributed by atoms with E-state index in [1.165, 1.54) is 4.90 Å². The van der Waals surface area contributed by atoms with Gasteiger partial charge in [0.15, 0.2) is 0 Å². The fourth-order valence-electron chi connectivity index (χ4n) is 2.60. The fraction of sp³-hybridized carbons (Fsp3) is 0.238.